The molecule has 0 fully saturated rings. The van der Waals surface area contributed by atoms with Crippen molar-refractivity contribution in [2.45, 2.75) is 121 Å². The van der Waals surface area contributed by atoms with Crippen molar-refractivity contribution in [2.75, 3.05) is 17.7 Å². The number of ketones is 1. The molecule has 0 aliphatic heterocycles. The van der Waals surface area contributed by atoms with Crippen molar-refractivity contribution in [1.29, 1.82) is 0 Å². The maximum absolute atomic E-state index is 12.8. The van der Waals surface area contributed by atoms with Crippen molar-refractivity contribution in [2.24, 2.45) is 0 Å². The minimum Gasteiger partial charge on any atom is -0.495 e. The number of benzene rings is 2. The van der Waals surface area contributed by atoms with Crippen molar-refractivity contribution in [1.82, 2.24) is 0 Å². The first-order chi connectivity index (χ1) is 21.1. The molecule has 0 unspecified atom stereocenters. The van der Waals surface area contributed by atoms with Gasteiger partial charge in [-0.05, 0) is 36.8 Å². The normalized spacial score (nSPS) is 11.2. The monoisotopic (exact) mass is 630 g/mol. The molecule has 2 aromatic rings. The molecule has 0 aromatic heterocycles. The van der Waals surface area contributed by atoms with Gasteiger partial charge < -0.3 is 15.4 Å². The lowest BCUT2D eigenvalue weighted by Crippen LogP contribution is -2.18. The fourth-order valence-corrected chi connectivity index (χ4v) is 5.55. The Kier molecular flexibility index (Phi) is 17.4. The molecule has 0 saturated heterocycles. The molecule has 244 valence electrons. The second-order valence-corrected chi connectivity index (χ2v) is 12.7. The van der Waals surface area contributed by atoms with Gasteiger partial charge in [-0.3, -0.25) is 18.9 Å². The molecular formula is C34H50N2O7S. The van der Waals surface area contributed by atoms with Gasteiger partial charge in [0.05, 0.1) is 24.1 Å². The first kappa shape index (κ1) is 36.9. The molecule has 0 aliphatic rings. The minimum atomic E-state index is -4.49. The van der Waals surface area contributed by atoms with Crippen LogP contribution in [0.2, 0.25) is 0 Å². The number of anilines is 2. The second kappa shape index (κ2) is 20.7. The third-order valence-corrected chi connectivity index (χ3v) is 8.39. The van der Waals surface area contributed by atoms with E-state index in [9.17, 15) is 27.4 Å². The molecule has 2 amide bonds. The third kappa shape index (κ3) is 15.0. The number of ether oxygens (including phenoxy) is 1. The Balaban J connectivity index is 1.65. The summed E-state index contributed by atoms with van der Waals surface area (Å²) in [6.07, 6.45) is 18.8. The molecule has 0 spiro atoms. The van der Waals surface area contributed by atoms with Gasteiger partial charge in [0, 0.05) is 17.7 Å². The molecule has 0 bridgehead atoms. The quantitative estimate of drug-likeness (QED) is 0.0485. The van der Waals surface area contributed by atoms with E-state index in [0.717, 1.165) is 31.4 Å². The predicted molar refractivity (Wildman–Crippen MR) is 175 cm³/mol. The summed E-state index contributed by atoms with van der Waals surface area (Å²) < 4.78 is 37.3. The van der Waals surface area contributed by atoms with E-state index in [-0.39, 0.29) is 22.9 Å². The third-order valence-electron chi connectivity index (χ3n) is 7.54. The Morgan fingerprint density at radius 2 is 1.30 bits per heavy atom. The smallest absolute Gasteiger partial charge is 0.294 e. The van der Waals surface area contributed by atoms with Gasteiger partial charge in [-0.2, -0.15) is 8.42 Å². The number of amides is 2. The van der Waals surface area contributed by atoms with Crippen molar-refractivity contribution in [3.8, 4) is 5.75 Å². The molecule has 10 heteroatoms. The molecule has 0 atom stereocenters. The summed E-state index contributed by atoms with van der Waals surface area (Å²) in [5, 5.41) is 5.28. The number of Topliss-reactive ketones (excluding diaryl/α,β-unsaturated/α-hetero) is 1. The summed E-state index contributed by atoms with van der Waals surface area (Å²) in [4.78, 5) is 37.3. The lowest BCUT2D eigenvalue weighted by molar-refractivity contribution is -0.116. The van der Waals surface area contributed by atoms with E-state index in [1.807, 2.05) is 0 Å². The van der Waals surface area contributed by atoms with E-state index in [1.165, 1.54) is 96.3 Å². The van der Waals surface area contributed by atoms with Crippen LogP contribution in [0.5, 0.6) is 5.75 Å². The minimum absolute atomic E-state index is 0.000224. The highest BCUT2D eigenvalue weighted by atomic mass is 32.2. The predicted octanol–water partition coefficient (Wildman–Crippen LogP) is 8.35. The maximum Gasteiger partial charge on any atom is 0.294 e. The highest BCUT2D eigenvalue weighted by Crippen LogP contribution is 2.28. The van der Waals surface area contributed by atoms with Crippen LogP contribution < -0.4 is 15.4 Å². The number of hydrogen-bond donors (Lipinski definition) is 3. The molecule has 0 aliphatic carbocycles. The van der Waals surface area contributed by atoms with Crippen LogP contribution >= 0.6 is 0 Å². The molecule has 9 nitrogen and oxygen atoms in total. The van der Waals surface area contributed by atoms with E-state index in [0.29, 0.717) is 12.1 Å². The van der Waals surface area contributed by atoms with E-state index in [4.69, 9.17) is 4.74 Å². The molecule has 3 N–H and O–H groups in total. The van der Waals surface area contributed by atoms with Crippen LogP contribution in [0.4, 0.5) is 11.4 Å². The lowest BCUT2D eigenvalue weighted by Gasteiger charge is -2.11. The molecule has 44 heavy (non-hydrogen) atoms. The summed E-state index contributed by atoms with van der Waals surface area (Å²) in [6.45, 7) is 2.25. The van der Waals surface area contributed by atoms with Gasteiger partial charge in [-0.1, -0.05) is 109 Å². The lowest BCUT2D eigenvalue weighted by atomic mass is 10.0. The van der Waals surface area contributed by atoms with E-state index >= 15 is 0 Å². The highest BCUT2D eigenvalue weighted by Gasteiger charge is 2.18. The Hall–Kier alpha value is -3.24. The van der Waals surface area contributed by atoms with Gasteiger partial charge in [0.1, 0.15) is 5.75 Å². The van der Waals surface area contributed by atoms with Crippen LogP contribution in [0.25, 0.3) is 0 Å². The number of rotatable bonds is 23. The average molecular weight is 631 g/mol. The first-order valence-corrected chi connectivity index (χ1v) is 17.5. The zero-order valence-electron chi connectivity index (χ0n) is 26.4. The van der Waals surface area contributed by atoms with Crippen LogP contribution in [-0.2, 0) is 19.7 Å². The number of carbonyl (C=O) groups is 3. The molecule has 0 radical (unpaired) electrons. The molecule has 0 saturated carbocycles. The Bertz CT molecular complexity index is 1290. The summed E-state index contributed by atoms with van der Waals surface area (Å²) in [7, 11) is -3.16. The molecule has 0 heterocycles. The fraction of sp³-hybridized carbons (Fsp3) is 0.559. The fourth-order valence-electron chi connectivity index (χ4n) is 5.04. The van der Waals surface area contributed by atoms with Crippen molar-refractivity contribution < 1.29 is 32.1 Å². The molecule has 2 aromatic carbocycles. The van der Waals surface area contributed by atoms with Crippen LogP contribution in [0.15, 0.2) is 47.4 Å². The highest BCUT2D eigenvalue weighted by molar-refractivity contribution is 7.85. The summed E-state index contributed by atoms with van der Waals surface area (Å²) in [6, 6.07) is 9.87. The summed E-state index contributed by atoms with van der Waals surface area (Å²) in [5.41, 5.74) is 0.730. The zero-order chi connectivity index (χ0) is 32.2. The zero-order valence-corrected chi connectivity index (χ0v) is 27.2. The van der Waals surface area contributed by atoms with Gasteiger partial charge in [-0.25, -0.2) is 0 Å². The first-order valence-electron chi connectivity index (χ1n) is 16.0. The number of carbonyl (C=O) groups excluding carboxylic acids is 3. The molecular weight excluding hydrogens is 580 g/mol. The number of hydrogen-bond acceptors (Lipinski definition) is 6. The van der Waals surface area contributed by atoms with Crippen molar-refractivity contribution >= 4 is 39.1 Å². The topological polar surface area (TPSA) is 139 Å². The van der Waals surface area contributed by atoms with Crippen molar-refractivity contribution in [3.63, 3.8) is 0 Å². The van der Waals surface area contributed by atoms with Crippen LogP contribution in [-0.4, -0.2) is 37.7 Å². The van der Waals surface area contributed by atoms with Gasteiger partial charge in [0.15, 0.2) is 5.78 Å². The largest absolute Gasteiger partial charge is 0.495 e. The van der Waals surface area contributed by atoms with Gasteiger partial charge in [0.2, 0.25) is 11.8 Å². The van der Waals surface area contributed by atoms with E-state index in [2.05, 4.69) is 17.6 Å². The Labute approximate surface area is 263 Å². The number of nitrogens with one attached hydrogen (secondary N) is 2. The van der Waals surface area contributed by atoms with Gasteiger partial charge in [-0.15, -0.1) is 0 Å². The number of unbranched alkanes of at least 4 members (excludes halogenated alkanes) is 14. The van der Waals surface area contributed by atoms with Crippen LogP contribution in [0, 0.1) is 0 Å². The molecule has 2 rings (SSSR count). The summed E-state index contributed by atoms with van der Waals surface area (Å²) >= 11 is 0. The Morgan fingerprint density at radius 1 is 0.727 bits per heavy atom. The standard InChI is InChI=1S/C34H50N2O7S/c1-3-4-5-6-7-8-9-10-11-12-13-14-15-16-17-21-33(38)35-28-20-18-19-27(24-28)31(37)26-34(39)36-30-25-29(44(40,41)42)22-23-32(30)43-2/h18-20,22-25H,3-17,21,26H2,1-2H3,(H,35,38)(H,36,39)(H,40,41,42). The van der Waals surface area contributed by atoms with Crippen LogP contribution in [0.1, 0.15) is 126 Å². The SMILES string of the molecule is CCCCCCCCCCCCCCCCCC(=O)Nc1cccc(C(=O)CC(=O)Nc2cc(S(=O)(=O)O)ccc2OC)c1. The van der Waals surface area contributed by atoms with Gasteiger partial charge in [0.25, 0.3) is 10.1 Å². The second-order valence-electron chi connectivity index (χ2n) is 11.3. The summed E-state index contributed by atoms with van der Waals surface area (Å²) in [5.74, 6) is -1.13. The Morgan fingerprint density at radius 3 is 1.84 bits per heavy atom. The van der Waals surface area contributed by atoms with E-state index < -0.39 is 33.1 Å². The maximum atomic E-state index is 12.8. The van der Waals surface area contributed by atoms with Crippen LogP contribution in [0.3, 0.4) is 0 Å². The average Bonchev–Trinajstić information content (AvgIpc) is 2.98. The van der Waals surface area contributed by atoms with Crippen molar-refractivity contribution in [3.05, 3.63) is 48.0 Å². The van der Waals surface area contributed by atoms with Gasteiger partial charge >= 0.3 is 0 Å². The van der Waals surface area contributed by atoms with E-state index in [1.54, 1.807) is 18.2 Å². The number of methoxy groups -OCH3 is 1.